The van der Waals surface area contributed by atoms with Gasteiger partial charge in [-0.1, -0.05) is 12.1 Å². The molecule has 0 fully saturated rings. The Balaban J connectivity index is 1.96. The summed E-state index contributed by atoms with van der Waals surface area (Å²) in [6.07, 6.45) is 3.19. The molecule has 1 amide bonds. The van der Waals surface area contributed by atoms with E-state index in [0.29, 0.717) is 11.4 Å². The fourth-order valence-corrected chi connectivity index (χ4v) is 2.34. The van der Waals surface area contributed by atoms with E-state index in [0.717, 1.165) is 15.4 Å². The van der Waals surface area contributed by atoms with Gasteiger partial charge in [0.15, 0.2) is 0 Å². The molecule has 2 aromatic heterocycles. The van der Waals surface area contributed by atoms with E-state index in [1.54, 1.807) is 18.3 Å². The number of benzene rings is 1. The topological polar surface area (TPSA) is 80.9 Å². The summed E-state index contributed by atoms with van der Waals surface area (Å²) in [7, 11) is 0. The van der Waals surface area contributed by atoms with Gasteiger partial charge in [-0.2, -0.15) is 0 Å². The third-order valence-electron chi connectivity index (χ3n) is 2.94. The molecule has 5 nitrogen and oxygen atoms in total. The molecule has 2 heterocycles. The fourth-order valence-electron chi connectivity index (χ4n) is 1.99. The Morgan fingerprint density at radius 3 is 2.86 bits per heavy atom. The zero-order chi connectivity index (χ0) is 14.8. The number of rotatable bonds is 2. The van der Waals surface area contributed by atoms with Crippen molar-refractivity contribution in [2.24, 2.45) is 0 Å². The maximum Gasteiger partial charge on any atom is 0.274 e. The highest BCUT2D eigenvalue weighted by Crippen LogP contribution is 2.24. The summed E-state index contributed by atoms with van der Waals surface area (Å²) in [6.45, 7) is 0. The lowest BCUT2D eigenvalue weighted by Crippen LogP contribution is -2.14. The van der Waals surface area contributed by atoms with Crippen molar-refractivity contribution in [3.63, 3.8) is 0 Å². The van der Waals surface area contributed by atoms with Crippen LogP contribution in [0.3, 0.4) is 0 Å². The monoisotopic (exact) mass is 342 g/mol. The van der Waals surface area contributed by atoms with Gasteiger partial charge in [0.25, 0.3) is 5.91 Å². The maximum atomic E-state index is 12.2. The molecular weight excluding hydrogens is 332 g/mol. The van der Waals surface area contributed by atoms with Crippen molar-refractivity contribution in [2.75, 3.05) is 11.1 Å². The second-order valence-electron chi connectivity index (χ2n) is 4.46. The van der Waals surface area contributed by atoms with Crippen LogP contribution in [0.1, 0.15) is 10.5 Å². The van der Waals surface area contributed by atoms with Gasteiger partial charge in [-0.05, 0) is 40.2 Å². The molecule has 0 atom stereocenters. The third kappa shape index (κ3) is 2.85. The van der Waals surface area contributed by atoms with Gasteiger partial charge in [-0.25, -0.2) is 0 Å². The van der Waals surface area contributed by atoms with E-state index in [1.807, 2.05) is 18.2 Å². The molecule has 0 aliphatic rings. The number of hydrogen-bond donors (Lipinski definition) is 2. The van der Waals surface area contributed by atoms with Gasteiger partial charge in [0.2, 0.25) is 0 Å². The first-order chi connectivity index (χ1) is 10.1. The fraction of sp³-hybridized carbons (Fsp3) is 0. The van der Waals surface area contributed by atoms with Crippen molar-refractivity contribution < 1.29 is 4.79 Å². The van der Waals surface area contributed by atoms with Gasteiger partial charge in [0, 0.05) is 27.9 Å². The number of nitrogens with two attached hydrogens (primary N) is 1. The first-order valence-electron chi connectivity index (χ1n) is 6.20. The van der Waals surface area contributed by atoms with Crippen LogP contribution in [-0.2, 0) is 0 Å². The molecular formula is C15H11BrN4O. The van der Waals surface area contributed by atoms with Crippen LogP contribution in [-0.4, -0.2) is 15.9 Å². The van der Waals surface area contributed by atoms with Gasteiger partial charge in [-0.15, -0.1) is 0 Å². The molecule has 1 aromatic carbocycles. The SMILES string of the molecule is Nc1ccnc(C(=O)Nc2cccc3cc(Br)cnc23)c1. The Morgan fingerprint density at radius 2 is 2.05 bits per heavy atom. The summed E-state index contributed by atoms with van der Waals surface area (Å²) >= 11 is 3.38. The molecule has 21 heavy (non-hydrogen) atoms. The summed E-state index contributed by atoms with van der Waals surface area (Å²) in [5, 5.41) is 3.75. The minimum Gasteiger partial charge on any atom is -0.399 e. The number of amides is 1. The average molecular weight is 343 g/mol. The third-order valence-corrected chi connectivity index (χ3v) is 3.38. The Hall–Kier alpha value is -2.47. The van der Waals surface area contributed by atoms with Crippen molar-refractivity contribution in [1.82, 2.24) is 9.97 Å². The molecule has 0 saturated heterocycles. The number of anilines is 2. The number of nitrogen functional groups attached to an aromatic ring is 1. The van der Waals surface area contributed by atoms with E-state index in [1.165, 1.54) is 12.3 Å². The van der Waals surface area contributed by atoms with E-state index in [2.05, 4.69) is 31.2 Å². The number of nitrogens with one attached hydrogen (secondary N) is 1. The predicted molar refractivity (Wildman–Crippen MR) is 86.0 cm³/mol. The van der Waals surface area contributed by atoms with Gasteiger partial charge in [0.05, 0.1) is 11.2 Å². The number of para-hydroxylation sites is 1. The van der Waals surface area contributed by atoms with Gasteiger partial charge in [0.1, 0.15) is 5.69 Å². The minimum absolute atomic E-state index is 0.268. The van der Waals surface area contributed by atoms with Crippen LogP contribution in [0.15, 0.2) is 53.3 Å². The zero-order valence-electron chi connectivity index (χ0n) is 10.9. The predicted octanol–water partition coefficient (Wildman–Crippen LogP) is 3.23. The van der Waals surface area contributed by atoms with Crippen LogP contribution in [0.5, 0.6) is 0 Å². The van der Waals surface area contributed by atoms with E-state index in [-0.39, 0.29) is 11.6 Å². The molecule has 0 aliphatic heterocycles. The normalized spacial score (nSPS) is 10.5. The van der Waals surface area contributed by atoms with Crippen LogP contribution < -0.4 is 11.1 Å². The van der Waals surface area contributed by atoms with E-state index in [4.69, 9.17) is 5.73 Å². The maximum absolute atomic E-state index is 12.2. The van der Waals surface area contributed by atoms with E-state index < -0.39 is 0 Å². The Morgan fingerprint density at radius 1 is 1.19 bits per heavy atom. The summed E-state index contributed by atoms with van der Waals surface area (Å²) in [4.78, 5) is 20.6. The van der Waals surface area contributed by atoms with Crippen molar-refractivity contribution >= 4 is 44.1 Å². The van der Waals surface area contributed by atoms with Gasteiger partial charge in [-0.3, -0.25) is 14.8 Å². The summed E-state index contributed by atoms with van der Waals surface area (Å²) in [6, 6.07) is 10.7. The molecule has 0 aliphatic carbocycles. The molecule has 0 bridgehead atoms. The van der Waals surface area contributed by atoms with Gasteiger partial charge < -0.3 is 11.1 Å². The summed E-state index contributed by atoms with van der Waals surface area (Å²) < 4.78 is 0.885. The number of hydrogen-bond acceptors (Lipinski definition) is 4. The smallest absolute Gasteiger partial charge is 0.274 e. The second-order valence-corrected chi connectivity index (χ2v) is 5.38. The Labute approximate surface area is 129 Å². The molecule has 0 spiro atoms. The lowest BCUT2D eigenvalue weighted by molar-refractivity contribution is 0.102. The van der Waals surface area contributed by atoms with Crippen molar-refractivity contribution in [3.8, 4) is 0 Å². The van der Waals surface area contributed by atoms with Gasteiger partial charge >= 0.3 is 0 Å². The first kappa shape index (κ1) is 13.5. The number of aromatic nitrogens is 2. The number of pyridine rings is 2. The molecule has 3 aromatic rings. The standard InChI is InChI=1S/C15H11BrN4O/c16-10-6-9-2-1-3-12(14(9)19-8-10)20-15(21)13-7-11(17)4-5-18-13/h1-8H,(H2,17,18)(H,20,21). The molecule has 3 rings (SSSR count). The highest BCUT2D eigenvalue weighted by atomic mass is 79.9. The van der Waals surface area contributed by atoms with Crippen molar-refractivity contribution in [3.05, 3.63) is 59.0 Å². The summed E-state index contributed by atoms with van der Waals surface area (Å²) in [5.74, 6) is -0.320. The molecule has 0 saturated carbocycles. The quantitative estimate of drug-likeness (QED) is 0.749. The van der Waals surface area contributed by atoms with Crippen LogP contribution in [0.25, 0.3) is 10.9 Å². The van der Waals surface area contributed by atoms with E-state index in [9.17, 15) is 4.79 Å². The van der Waals surface area contributed by atoms with Crippen LogP contribution in [0, 0.1) is 0 Å². The number of carbonyl (C=O) groups excluding carboxylic acids is 1. The lowest BCUT2D eigenvalue weighted by atomic mass is 10.2. The highest BCUT2D eigenvalue weighted by molar-refractivity contribution is 9.10. The molecule has 6 heteroatoms. The average Bonchev–Trinajstić information content (AvgIpc) is 2.47. The second kappa shape index (κ2) is 5.49. The Kier molecular flexibility index (Phi) is 3.53. The van der Waals surface area contributed by atoms with Crippen molar-refractivity contribution in [2.45, 2.75) is 0 Å². The molecule has 0 unspecified atom stereocenters. The van der Waals surface area contributed by atoms with Crippen LogP contribution in [0.4, 0.5) is 11.4 Å². The van der Waals surface area contributed by atoms with Crippen LogP contribution >= 0.6 is 15.9 Å². The van der Waals surface area contributed by atoms with Crippen LogP contribution in [0.2, 0.25) is 0 Å². The first-order valence-corrected chi connectivity index (χ1v) is 7.00. The molecule has 104 valence electrons. The minimum atomic E-state index is -0.320. The molecule has 0 radical (unpaired) electrons. The Bertz CT molecular complexity index is 835. The number of carbonyl (C=O) groups is 1. The number of nitrogens with zero attached hydrogens (tertiary/aromatic N) is 2. The van der Waals surface area contributed by atoms with Crippen molar-refractivity contribution in [1.29, 1.82) is 0 Å². The zero-order valence-corrected chi connectivity index (χ0v) is 12.5. The molecule has 3 N–H and O–H groups in total. The summed E-state index contributed by atoms with van der Waals surface area (Å²) in [5.41, 5.74) is 7.78. The number of fused-ring (bicyclic) bond motifs is 1. The lowest BCUT2D eigenvalue weighted by Gasteiger charge is -2.08. The largest absolute Gasteiger partial charge is 0.399 e. The number of halogens is 1. The van der Waals surface area contributed by atoms with E-state index >= 15 is 0 Å². The highest BCUT2D eigenvalue weighted by Gasteiger charge is 2.10.